The number of para-hydroxylation sites is 4. The van der Waals surface area contributed by atoms with Crippen molar-refractivity contribution in [3.8, 4) is 11.5 Å². The average molecular weight is 900 g/mol. The number of carbonyl (C=O) groups is 2. The third-order valence-corrected chi connectivity index (χ3v) is 14.6. The molecule has 2 heterocycles. The zero-order valence-corrected chi connectivity index (χ0v) is 38.2. The highest BCUT2D eigenvalue weighted by atomic mass is 35.7. The van der Waals surface area contributed by atoms with E-state index >= 15 is 0 Å². The molecule has 6 rings (SSSR count). The molecular formula is C44H59ClN6O8S2. The molecule has 2 aliphatic heterocycles. The lowest BCUT2D eigenvalue weighted by Crippen LogP contribution is -2.49. The number of amides is 2. The highest BCUT2D eigenvalue weighted by molar-refractivity contribution is 8.11. The van der Waals surface area contributed by atoms with Crippen molar-refractivity contribution in [2.45, 2.75) is 49.4 Å². The number of nitrogens with zero attached hydrogens (tertiary/aromatic N) is 3. The minimum absolute atomic E-state index is 0.0326. The van der Waals surface area contributed by atoms with Gasteiger partial charge in [0.05, 0.1) is 25.6 Å². The van der Waals surface area contributed by atoms with Gasteiger partial charge in [0.15, 0.2) is 0 Å². The van der Waals surface area contributed by atoms with Gasteiger partial charge in [0.2, 0.25) is 11.8 Å². The van der Waals surface area contributed by atoms with E-state index in [1.54, 1.807) is 26.4 Å². The molecule has 0 spiro atoms. The molecule has 332 valence electrons. The minimum Gasteiger partial charge on any atom is -0.495 e. The fourth-order valence-corrected chi connectivity index (χ4v) is 8.60. The maximum Gasteiger partial charge on any atom is 0.299 e. The molecule has 2 aliphatic rings. The van der Waals surface area contributed by atoms with Crippen molar-refractivity contribution in [2.24, 2.45) is 0 Å². The fraction of sp³-hybridized carbons (Fsp3) is 0.409. The van der Waals surface area contributed by atoms with Crippen molar-refractivity contribution in [1.29, 1.82) is 0 Å². The molecule has 4 aromatic rings. The number of ether oxygens (including phenoxy) is 2. The Labute approximate surface area is 366 Å². The van der Waals surface area contributed by atoms with Crippen molar-refractivity contribution in [3.05, 3.63) is 120 Å². The van der Waals surface area contributed by atoms with Gasteiger partial charge in [-0.2, -0.15) is 29.8 Å². The summed E-state index contributed by atoms with van der Waals surface area (Å²) in [6.45, 7) is 2.63. The Balaban J connectivity index is 0.000000236. The van der Waals surface area contributed by atoms with Gasteiger partial charge in [-0.1, -0.05) is 84.9 Å². The third kappa shape index (κ3) is 13.7. The first-order chi connectivity index (χ1) is 29.0. The van der Waals surface area contributed by atoms with Gasteiger partial charge in [-0.3, -0.25) is 9.59 Å². The van der Waals surface area contributed by atoms with Gasteiger partial charge in [0, 0.05) is 75.6 Å². The first kappa shape index (κ1) is 49.1. The summed E-state index contributed by atoms with van der Waals surface area (Å²) in [7, 11) is 6.84. The first-order valence-electron chi connectivity index (χ1n) is 19.9. The Morgan fingerprint density at radius 1 is 0.623 bits per heavy atom. The molecule has 0 aliphatic carbocycles. The second-order valence-corrected chi connectivity index (χ2v) is 20.2. The van der Waals surface area contributed by atoms with Crippen LogP contribution in [0.5, 0.6) is 11.5 Å². The molecule has 0 unspecified atom stereocenters. The van der Waals surface area contributed by atoms with Crippen LogP contribution in [-0.2, 0) is 39.9 Å². The summed E-state index contributed by atoms with van der Waals surface area (Å²) in [4.78, 5) is 25.7. The van der Waals surface area contributed by atoms with Gasteiger partial charge in [0.25, 0.3) is 19.4 Å². The molecule has 0 bridgehead atoms. The minimum atomic E-state index is -3.47. The van der Waals surface area contributed by atoms with Crippen LogP contribution in [0.15, 0.2) is 109 Å². The molecule has 2 fully saturated rings. The van der Waals surface area contributed by atoms with Crippen molar-refractivity contribution >= 4 is 53.3 Å². The van der Waals surface area contributed by atoms with E-state index in [-0.39, 0.29) is 23.7 Å². The molecule has 61 heavy (non-hydrogen) atoms. The second-order valence-electron chi connectivity index (χ2n) is 15.3. The number of benzene rings is 4. The molecule has 0 atom stereocenters. The molecule has 0 saturated carbocycles. The zero-order chi connectivity index (χ0) is 44.7. The number of anilines is 2. The predicted molar refractivity (Wildman–Crippen MR) is 243 cm³/mol. The number of rotatable bonds is 13. The van der Waals surface area contributed by atoms with Gasteiger partial charge in [-0.05, 0) is 74.2 Å². The SMILES string of the molecule is CN(C)S(=O)(=O)Cl.COc1ccccc1NC(=O)CC1(c2ccccc2)CCN(S(=O)(=O)N(C)C)CC1.COc1ccccc1NC(=O)CC1(c2ccccc2)CCNCC1. The van der Waals surface area contributed by atoms with Crippen molar-refractivity contribution < 1.29 is 35.9 Å². The lowest BCUT2D eigenvalue weighted by atomic mass is 9.70. The number of hydrogen-bond donors (Lipinski definition) is 3. The Morgan fingerprint density at radius 3 is 1.34 bits per heavy atom. The van der Waals surface area contributed by atoms with Gasteiger partial charge in [-0.25, -0.2) is 0 Å². The second kappa shape index (κ2) is 22.5. The lowest BCUT2D eigenvalue weighted by Gasteiger charge is -2.42. The smallest absolute Gasteiger partial charge is 0.299 e. The highest BCUT2D eigenvalue weighted by Crippen LogP contribution is 2.41. The first-order valence-corrected chi connectivity index (χ1v) is 23.6. The van der Waals surface area contributed by atoms with Crippen LogP contribution < -0.4 is 25.4 Å². The number of nitrogens with one attached hydrogen (secondary N) is 3. The van der Waals surface area contributed by atoms with Crippen LogP contribution in [0.25, 0.3) is 0 Å². The molecule has 17 heteroatoms. The predicted octanol–water partition coefficient (Wildman–Crippen LogP) is 6.24. The van der Waals surface area contributed by atoms with E-state index in [9.17, 15) is 26.4 Å². The quantitative estimate of drug-likeness (QED) is 0.132. The maximum absolute atomic E-state index is 13.0. The molecule has 2 saturated heterocycles. The van der Waals surface area contributed by atoms with E-state index in [4.69, 9.17) is 20.2 Å². The van der Waals surface area contributed by atoms with Gasteiger partial charge >= 0.3 is 0 Å². The maximum atomic E-state index is 13.0. The Morgan fingerprint density at radius 2 is 0.984 bits per heavy atom. The summed E-state index contributed by atoms with van der Waals surface area (Å²) in [5, 5.41) is 9.38. The standard InChI is InChI=1S/C22H29N3O4S.C20H24N2O2.C2H6ClNO2S/c1-24(2)30(27,28)25-15-13-22(14-16-25,18-9-5-4-6-10-18)17-21(26)23-19-11-7-8-12-20(19)29-3;1-24-18-10-6-5-9-17(18)22-19(23)15-20(11-13-21-14-12-20)16-7-3-2-4-8-16;1-4(2)7(3,5)6/h4-12H,13-17H2,1-3H3,(H,23,26);2-10,21H,11-15H2,1H3,(H,22,23);1-2H3. The third-order valence-electron chi connectivity index (χ3n) is 11.0. The van der Waals surface area contributed by atoms with Crippen LogP contribution in [-0.4, -0.2) is 110 Å². The number of hydrogen-bond acceptors (Lipinski definition) is 9. The number of halogens is 1. The topological polar surface area (TPSA) is 167 Å². The molecule has 3 N–H and O–H groups in total. The Bertz CT molecular complexity index is 2230. The van der Waals surface area contributed by atoms with E-state index in [0.717, 1.165) is 41.5 Å². The summed E-state index contributed by atoms with van der Waals surface area (Å²) < 4.78 is 59.4. The van der Waals surface area contributed by atoms with Gasteiger partial charge in [0.1, 0.15) is 11.5 Å². The summed E-state index contributed by atoms with van der Waals surface area (Å²) in [5.41, 5.74) is 3.14. The molecular weight excluding hydrogens is 840 g/mol. The van der Waals surface area contributed by atoms with Gasteiger partial charge < -0.3 is 25.4 Å². The number of methoxy groups -OCH3 is 2. The largest absolute Gasteiger partial charge is 0.495 e. The van der Waals surface area contributed by atoms with Crippen molar-refractivity contribution in [2.75, 3.05) is 79.2 Å². The van der Waals surface area contributed by atoms with Crippen LogP contribution >= 0.6 is 10.7 Å². The van der Waals surface area contributed by atoms with Gasteiger partial charge in [-0.15, -0.1) is 0 Å². The van der Waals surface area contributed by atoms with E-state index in [1.165, 1.54) is 42.4 Å². The van der Waals surface area contributed by atoms with E-state index < -0.39 is 24.9 Å². The van der Waals surface area contributed by atoms with E-state index in [2.05, 4.69) is 40.2 Å². The number of piperidine rings is 2. The summed E-state index contributed by atoms with van der Waals surface area (Å²) >= 11 is 0. The Kier molecular flexibility index (Phi) is 18.1. The van der Waals surface area contributed by atoms with E-state index in [1.807, 2.05) is 72.8 Å². The summed E-state index contributed by atoms with van der Waals surface area (Å²) in [5.74, 6) is 1.20. The molecule has 14 nitrogen and oxygen atoms in total. The normalized spacial score (nSPS) is 16.2. The summed E-state index contributed by atoms with van der Waals surface area (Å²) in [6, 6.07) is 35.1. The van der Waals surface area contributed by atoms with Crippen molar-refractivity contribution in [1.82, 2.24) is 18.2 Å². The van der Waals surface area contributed by atoms with Crippen LogP contribution in [0.3, 0.4) is 0 Å². The average Bonchev–Trinajstić information content (AvgIpc) is 3.25. The lowest BCUT2D eigenvalue weighted by molar-refractivity contribution is -0.118. The summed E-state index contributed by atoms with van der Waals surface area (Å²) in [6.07, 6.45) is 3.83. The zero-order valence-electron chi connectivity index (χ0n) is 35.8. The van der Waals surface area contributed by atoms with E-state index in [0.29, 0.717) is 49.5 Å². The Hall–Kier alpha value is -4.55. The molecule has 2 amide bonds. The molecule has 0 radical (unpaired) electrons. The number of carbonyl (C=O) groups excluding carboxylic acids is 2. The van der Waals surface area contributed by atoms with Crippen LogP contribution in [0.1, 0.15) is 49.7 Å². The molecule has 0 aromatic heterocycles. The monoisotopic (exact) mass is 898 g/mol. The van der Waals surface area contributed by atoms with Crippen LogP contribution in [0.2, 0.25) is 0 Å². The highest BCUT2D eigenvalue weighted by Gasteiger charge is 2.41. The molecule has 4 aromatic carbocycles. The fourth-order valence-electron chi connectivity index (χ4n) is 7.50. The van der Waals surface area contributed by atoms with Crippen molar-refractivity contribution in [3.63, 3.8) is 0 Å². The van der Waals surface area contributed by atoms with Crippen LogP contribution in [0, 0.1) is 0 Å². The van der Waals surface area contributed by atoms with Crippen LogP contribution in [0.4, 0.5) is 11.4 Å².